The number of aryl methyl sites for hydroxylation is 1. The second-order valence-electron chi connectivity index (χ2n) is 7.48. The van der Waals surface area contributed by atoms with E-state index in [1.165, 1.54) is 63.8 Å². The van der Waals surface area contributed by atoms with Crippen molar-refractivity contribution in [3.05, 3.63) is 120 Å². The van der Waals surface area contributed by atoms with Gasteiger partial charge in [-0.05, 0) is 60.9 Å². The Morgan fingerprint density at radius 3 is 1.67 bits per heavy atom. The van der Waals surface area contributed by atoms with E-state index in [1.54, 1.807) is 0 Å². The van der Waals surface area contributed by atoms with Crippen molar-refractivity contribution >= 4 is 16.9 Å². The molecule has 0 unspecified atom stereocenters. The molecule has 0 aromatic heterocycles. The summed E-state index contributed by atoms with van der Waals surface area (Å²) >= 11 is 0. The van der Waals surface area contributed by atoms with Crippen LogP contribution in [0.15, 0.2) is 124 Å². The number of rotatable bonds is 7. The summed E-state index contributed by atoms with van der Waals surface area (Å²) in [6.45, 7) is 2.25. The van der Waals surface area contributed by atoms with Crippen molar-refractivity contribution in [2.75, 3.05) is 0 Å². The van der Waals surface area contributed by atoms with Crippen LogP contribution in [0.1, 0.15) is 35.7 Å². The summed E-state index contributed by atoms with van der Waals surface area (Å²) in [4.78, 5) is 14.4. The maximum atomic E-state index is 10.7. The minimum Gasteiger partial charge on any atom is -0.872 e. The number of carboxylic acid groups (broad SMARTS) is 1. The molecule has 0 fully saturated rings. The Morgan fingerprint density at radius 2 is 1.21 bits per heavy atom. The van der Waals surface area contributed by atoms with Crippen molar-refractivity contribution in [2.24, 2.45) is 0 Å². The summed E-state index contributed by atoms with van der Waals surface area (Å²) in [6, 6.07) is 36.4. The van der Waals surface area contributed by atoms with E-state index in [-0.39, 0.29) is 16.5 Å². The van der Waals surface area contributed by atoms with E-state index in [0.29, 0.717) is 0 Å². The van der Waals surface area contributed by atoms with E-state index < -0.39 is 11.7 Å². The highest BCUT2D eigenvalue weighted by atomic mass is 32.2. The molecule has 1 N–H and O–H groups in total. The minimum absolute atomic E-state index is 0.0286. The summed E-state index contributed by atoms with van der Waals surface area (Å²) in [5.74, 6) is -1.62. The molecule has 3 nitrogen and oxygen atoms in total. The van der Waals surface area contributed by atoms with Crippen molar-refractivity contribution in [1.29, 1.82) is 0 Å². The van der Waals surface area contributed by atoms with Gasteiger partial charge in [0.25, 0.3) is 0 Å². The third-order valence-electron chi connectivity index (χ3n) is 5.05. The predicted molar refractivity (Wildman–Crippen MR) is 133 cm³/mol. The van der Waals surface area contributed by atoms with Crippen LogP contribution in [0.5, 0.6) is 5.75 Å². The lowest BCUT2D eigenvalue weighted by molar-refractivity contribution is -0.268. The van der Waals surface area contributed by atoms with Gasteiger partial charge < -0.3 is 10.2 Å². The Bertz CT molecular complexity index is 1090. The average Bonchev–Trinajstić information content (AvgIpc) is 2.86. The summed E-state index contributed by atoms with van der Waals surface area (Å²) in [7, 11) is -0.0286. The molecule has 0 bridgehead atoms. The molecular weight excluding hydrogens is 428 g/mol. The number of para-hydroxylation sites is 1. The number of carboxylic acids is 1. The quantitative estimate of drug-likeness (QED) is 0.319. The van der Waals surface area contributed by atoms with Crippen LogP contribution in [-0.4, -0.2) is 11.1 Å². The van der Waals surface area contributed by atoms with Gasteiger partial charge >= 0.3 is 5.97 Å². The van der Waals surface area contributed by atoms with Gasteiger partial charge in [0.2, 0.25) is 0 Å². The predicted octanol–water partition coefficient (Wildman–Crippen LogP) is 6.58. The molecule has 4 rings (SSSR count). The first-order valence-corrected chi connectivity index (χ1v) is 12.2. The number of carbonyl (C=O) groups is 1. The lowest BCUT2D eigenvalue weighted by Crippen LogP contribution is -2.04. The van der Waals surface area contributed by atoms with Gasteiger partial charge in [-0.25, -0.2) is 4.79 Å². The SMILES string of the molecule is CCCCc1ccc([S+](c2ccccc2)c2ccccc2)cc1.O=C(O)c1ccccc1[O-]. The summed E-state index contributed by atoms with van der Waals surface area (Å²) in [6.07, 6.45) is 3.70. The Morgan fingerprint density at radius 1 is 0.727 bits per heavy atom. The van der Waals surface area contributed by atoms with Gasteiger partial charge in [-0.1, -0.05) is 85.8 Å². The van der Waals surface area contributed by atoms with Gasteiger partial charge in [0.05, 0.1) is 16.5 Å². The maximum Gasteiger partial charge on any atom is 0.335 e. The molecule has 0 aliphatic carbocycles. The highest BCUT2D eigenvalue weighted by Gasteiger charge is 2.27. The third-order valence-corrected chi connectivity index (χ3v) is 7.28. The van der Waals surface area contributed by atoms with E-state index in [2.05, 4.69) is 91.9 Å². The van der Waals surface area contributed by atoms with Gasteiger partial charge in [0.15, 0.2) is 14.7 Å². The lowest BCUT2D eigenvalue weighted by Gasteiger charge is -2.08. The third kappa shape index (κ3) is 6.99. The van der Waals surface area contributed by atoms with Crippen molar-refractivity contribution in [3.8, 4) is 5.75 Å². The molecule has 4 aromatic rings. The van der Waals surface area contributed by atoms with E-state index in [4.69, 9.17) is 5.11 Å². The zero-order valence-electron chi connectivity index (χ0n) is 18.7. The van der Waals surface area contributed by atoms with Crippen LogP contribution in [0.3, 0.4) is 0 Å². The minimum atomic E-state index is -1.18. The van der Waals surface area contributed by atoms with Gasteiger partial charge in [-0.15, -0.1) is 0 Å². The summed E-state index contributed by atoms with van der Waals surface area (Å²) in [5, 5.41) is 19.0. The van der Waals surface area contributed by atoms with E-state index in [1.807, 2.05) is 0 Å². The Balaban J connectivity index is 0.000000257. The molecule has 0 saturated carbocycles. The van der Waals surface area contributed by atoms with Gasteiger partial charge in [-0.2, -0.15) is 0 Å². The van der Waals surface area contributed by atoms with E-state index in [9.17, 15) is 9.90 Å². The highest BCUT2D eigenvalue weighted by Crippen LogP contribution is 2.31. The fourth-order valence-corrected chi connectivity index (χ4v) is 5.42. The molecule has 0 amide bonds. The molecule has 168 valence electrons. The molecule has 0 heterocycles. The maximum absolute atomic E-state index is 10.7. The lowest BCUT2D eigenvalue weighted by atomic mass is 10.1. The van der Waals surface area contributed by atoms with Crippen LogP contribution in [0, 0.1) is 0 Å². The van der Waals surface area contributed by atoms with Crippen LogP contribution in [0.4, 0.5) is 0 Å². The van der Waals surface area contributed by atoms with Crippen LogP contribution in [0.2, 0.25) is 0 Å². The number of unbranched alkanes of at least 4 members (excludes halogenated alkanes) is 1. The molecule has 0 radical (unpaired) electrons. The van der Waals surface area contributed by atoms with E-state index in [0.717, 1.165) is 0 Å². The fraction of sp³-hybridized carbons (Fsp3) is 0.138. The Kier molecular flexibility index (Phi) is 9.16. The normalized spacial score (nSPS) is 10.4. The van der Waals surface area contributed by atoms with Crippen molar-refractivity contribution in [2.45, 2.75) is 40.9 Å². The van der Waals surface area contributed by atoms with Crippen LogP contribution >= 0.6 is 0 Å². The molecule has 0 saturated heterocycles. The number of hydrogen-bond donors (Lipinski definition) is 1. The zero-order chi connectivity index (χ0) is 23.5. The largest absolute Gasteiger partial charge is 0.872 e. The summed E-state index contributed by atoms with van der Waals surface area (Å²) in [5.41, 5.74) is 1.27. The molecule has 0 spiro atoms. The first kappa shape index (κ1) is 24.1. The van der Waals surface area contributed by atoms with Crippen LogP contribution < -0.4 is 5.11 Å². The molecule has 0 atom stereocenters. The number of aromatic carboxylic acids is 1. The highest BCUT2D eigenvalue weighted by molar-refractivity contribution is 7.97. The number of benzene rings is 4. The molecule has 0 aliphatic rings. The summed E-state index contributed by atoms with van der Waals surface area (Å²) < 4.78 is 0. The molecule has 0 aliphatic heterocycles. The zero-order valence-corrected chi connectivity index (χ0v) is 19.5. The van der Waals surface area contributed by atoms with Gasteiger partial charge in [0.1, 0.15) is 0 Å². The Labute approximate surface area is 198 Å². The first-order chi connectivity index (χ1) is 16.1. The average molecular weight is 457 g/mol. The topological polar surface area (TPSA) is 60.4 Å². The second kappa shape index (κ2) is 12.5. The number of hydrogen-bond acceptors (Lipinski definition) is 2. The standard InChI is InChI=1S/C22H23S.C7H6O3/c1-2-3-10-19-15-17-22(18-16-19)23(20-11-6-4-7-12-20)21-13-8-5-9-14-21;8-6-4-2-1-3-5(6)7(9)10/h4-9,11-18H,2-3,10H2,1H3;1-4,8H,(H,9,10)/q+1;/p-1. The molecule has 4 aromatic carbocycles. The fourth-order valence-electron chi connectivity index (χ4n) is 3.34. The monoisotopic (exact) mass is 456 g/mol. The molecular formula is C29H28O3S. The van der Waals surface area contributed by atoms with Crippen molar-refractivity contribution in [1.82, 2.24) is 0 Å². The molecule has 33 heavy (non-hydrogen) atoms. The smallest absolute Gasteiger partial charge is 0.335 e. The Hall–Kier alpha value is -3.50. The van der Waals surface area contributed by atoms with E-state index >= 15 is 0 Å². The van der Waals surface area contributed by atoms with Crippen molar-refractivity contribution < 1.29 is 15.0 Å². The second-order valence-corrected chi connectivity index (χ2v) is 9.51. The van der Waals surface area contributed by atoms with Gasteiger partial charge in [-0.3, -0.25) is 0 Å². The van der Waals surface area contributed by atoms with Gasteiger partial charge in [0, 0.05) is 0 Å². The molecule has 4 heteroatoms. The first-order valence-electron chi connectivity index (χ1n) is 11.0. The van der Waals surface area contributed by atoms with Crippen molar-refractivity contribution in [3.63, 3.8) is 0 Å². The van der Waals surface area contributed by atoms with Crippen LogP contribution in [-0.2, 0) is 17.3 Å². The van der Waals surface area contributed by atoms with Crippen LogP contribution in [0.25, 0.3) is 0 Å².